The van der Waals surface area contributed by atoms with Gasteiger partial charge in [0, 0.05) is 12.1 Å². The second kappa shape index (κ2) is 10.7. The van der Waals surface area contributed by atoms with Crippen molar-refractivity contribution in [2.75, 3.05) is 20.8 Å². The van der Waals surface area contributed by atoms with Gasteiger partial charge in [-0.3, -0.25) is 9.59 Å². The lowest BCUT2D eigenvalue weighted by atomic mass is 10.2. The van der Waals surface area contributed by atoms with E-state index in [0.29, 0.717) is 35.1 Å². The van der Waals surface area contributed by atoms with E-state index in [-0.39, 0.29) is 18.4 Å². The third-order valence-electron chi connectivity index (χ3n) is 4.44. The smallest absolute Gasteiger partial charge is 0.251 e. The van der Waals surface area contributed by atoms with E-state index in [0.717, 1.165) is 5.56 Å². The van der Waals surface area contributed by atoms with E-state index in [9.17, 15) is 9.59 Å². The molecule has 0 bridgehead atoms. The summed E-state index contributed by atoms with van der Waals surface area (Å²) in [5.41, 5.74) is 1.29. The number of hydrogen-bond donors (Lipinski definition) is 2. The quantitative estimate of drug-likeness (QED) is 0.553. The molecular formula is C24H24N2O5. The number of carbonyl (C=O) groups is 2. The first-order valence-corrected chi connectivity index (χ1v) is 9.68. The number of ether oxygens (including phenoxy) is 3. The predicted molar refractivity (Wildman–Crippen MR) is 117 cm³/mol. The topological polar surface area (TPSA) is 85.9 Å². The highest BCUT2D eigenvalue weighted by Gasteiger charge is 2.10. The van der Waals surface area contributed by atoms with Crippen LogP contribution >= 0.6 is 0 Å². The molecule has 3 rings (SSSR count). The standard InChI is InChI=1S/C24H24N2O5/c1-29-21-13-8-17(14-22(21)30-2)15-25-23(27)16-26-24(28)18-9-11-20(12-10-18)31-19-6-4-3-5-7-19/h3-14H,15-16H2,1-2H3,(H,25,27)(H,26,28). The molecule has 0 saturated carbocycles. The Morgan fingerprint density at radius 3 is 2.13 bits per heavy atom. The van der Waals surface area contributed by atoms with Crippen LogP contribution in [0.3, 0.4) is 0 Å². The van der Waals surface area contributed by atoms with Gasteiger partial charge >= 0.3 is 0 Å². The van der Waals surface area contributed by atoms with Gasteiger partial charge in [-0.1, -0.05) is 24.3 Å². The molecule has 0 aliphatic heterocycles. The zero-order valence-electron chi connectivity index (χ0n) is 17.4. The van der Waals surface area contributed by atoms with E-state index in [4.69, 9.17) is 14.2 Å². The number of carbonyl (C=O) groups excluding carboxylic acids is 2. The Labute approximate surface area is 180 Å². The van der Waals surface area contributed by atoms with Crippen LogP contribution in [0.4, 0.5) is 0 Å². The SMILES string of the molecule is COc1ccc(CNC(=O)CNC(=O)c2ccc(Oc3ccccc3)cc2)cc1OC. The highest BCUT2D eigenvalue weighted by molar-refractivity contribution is 5.96. The molecule has 2 amide bonds. The highest BCUT2D eigenvalue weighted by Crippen LogP contribution is 2.27. The Bertz CT molecular complexity index is 1020. The van der Waals surface area contributed by atoms with Crippen molar-refractivity contribution >= 4 is 11.8 Å². The fourth-order valence-corrected chi connectivity index (χ4v) is 2.82. The third kappa shape index (κ3) is 6.24. The van der Waals surface area contributed by atoms with Crippen molar-refractivity contribution in [1.82, 2.24) is 10.6 Å². The van der Waals surface area contributed by atoms with Crippen LogP contribution in [0.1, 0.15) is 15.9 Å². The van der Waals surface area contributed by atoms with Crippen LogP contribution in [0.5, 0.6) is 23.0 Å². The molecule has 7 heteroatoms. The van der Waals surface area contributed by atoms with Gasteiger partial charge in [0.1, 0.15) is 11.5 Å². The first-order valence-electron chi connectivity index (χ1n) is 9.68. The predicted octanol–water partition coefficient (Wildman–Crippen LogP) is 3.54. The van der Waals surface area contributed by atoms with Crippen LogP contribution < -0.4 is 24.8 Å². The molecule has 0 atom stereocenters. The minimum absolute atomic E-state index is 0.131. The van der Waals surface area contributed by atoms with Crippen molar-refractivity contribution in [3.8, 4) is 23.0 Å². The number of amides is 2. The zero-order chi connectivity index (χ0) is 22.1. The second-order valence-electron chi connectivity index (χ2n) is 6.59. The van der Waals surface area contributed by atoms with E-state index in [1.165, 1.54) is 0 Å². The van der Waals surface area contributed by atoms with Crippen LogP contribution in [0, 0.1) is 0 Å². The maximum Gasteiger partial charge on any atom is 0.251 e. The lowest BCUT2D eigenvalue weighted by molar-refractivity contribution is -0.120. The van der Waals surface area contributed by atoms with E-state index in [1.54, 1.807) is 50.6 Å². The summed E-state index contributed by atoms with van der Waals surface area (Å²) >= 11 is 0. The molecule has 0 aromatic heterocycles. The molecule has 3 aromatic carbocycles. The summed E-state index contributed by atoms with van der Waals surface area (Å²) < 4.78 is 16.1. The minimum atomic E-state index is -0.340. The van der Waals surface area contributed by atoms with Gasteiger partial charge in [-0.2, -0.15) is 0 Å². The van der Waals surface area contributed by atoms with E-state index < -0.39 is 0 Å². The largest absolute Gasteiger partial charge is 0.493 e. The van der Waals surface area contributed by atoms with E-state index in [2.05, 4.69) is 10.6 Å². The highest BCUT2D eigenvalue weighted by atomic mass is 16.5. The zero-order valence-corrected chi connectivity index (χ0v) is 17.4. The van der Waals surface area contributed by atoms with Gasteiger partial charge in [0.15, 0.2) is 11.5 Å². The Hall–Kier alpha value is -4.00. The summed E-state index contributed by atoms with van der Waals surface area (Å²) in [5, 5.41) is 5.37. The van der Waals surface area contributed by atoms with Gasteiger partial charge in [-0.25, -0.2) is 0 Å². The minimum Gasteiger partial charge on any atom is -0.493 e. The number of benzene rings is 3. The maximum absolute atomic E-state index is 12.3. The summed E-state index contributed by atoms with van der Waals surface area (Å²) in [6.07, 6.45) is 0. The van der Waals surface area contributed by atoms with Gasteiger partial charge in [-0.05, 0) is 54.1 Å². The monoisotopic (exact) mass is 420 g/mol. The molecule has 3 aromatic rings. The molecule has 0 heterocycles. The molecule has 0 radical (unpaired) electrons. The lowest BCUT2D eigenvalue weighted by Crippen LogP contribution is -2.36. The second-order valence-corrected chi connectivity index (χ2v) is 6.59. The van der Waals surface area contributed by atoms with Gasteiger partial charge in [0.25, 0.3) is 5.91 Å². The molecule has 7 nitrogen and oxygen atoms in total. The Morgan fingerprint density at radius 2 is 1.45 bits per heavy atom. The van der Waals surface area contributed by atoms with Gasteiger partial charge in [-0.15, -0.1) is 0 Å². The van der Waals surface area contributed by atoms with Gasteiger partial charge < -0.3 is 24.8 Å². The fourth-order valence-electron chi connectivity index (χ4n) is 2.82. The van der Waals surface area contributed by atoms with Crippen molar-refractivity contribution in [1.29, 1.82) is 0 Å². The molecule has 2 N–H and O–H groups in total. The summed E-state index contributed by atoms with van der Waals surface area (Å²) in [6, 6.07) is 21.5. The third-order valence-corrected chi connectivity index (χ3v) is 4.44. The number of methoxy groups -OCH3 is 2. The molecule has 0 unspecified atom stereocenters. The summed E-state index contributed by atoms with van der Waals surface area (Å²) in [5.74, 6) is 1.90. The Morgan fingerprint density at radius 1 is 0.774 bits per heavy atom. The molecule has 0 fully saturated rings. The number of para-hydroxylation sites is 1. The molecule has 0 spiro atoms. The van der Waals surface area contributed by atoms with E-state index >= 15 is 0 Å². The number of rotatable bonds is 9. The number of hydrogen-bond acceptors (Lipinski definition) is 5. The molecule has 0 aliphatic rings. The average molecular weight is 420 g/mol. The van der Waals surface area contributed by atoms with Crippen LogP contribution in [-0.2, 0) is 11.3 Å². The fraction of sp³-hybridized carbons (Fsp3) is 0.167. The Kier molecular flexibility index (Phi) is 7.48. The molecule has 160 valence electrons. The van der Waals surface area contributed by atoms with Crippen LogP contribution in [-0.4, -0.2) is 32.6 Å². The van der Waals surface area contributed by atoms with Gasteiger partial charge in [0.2, 0.25) is 5.91 Å². The average Bonchev–Trinajstić information content (AvgIpc) is 2.82. The summed E-state index contributed by atoms with van der Waals surface area (Å²) in [7, 11) is 3.11. The van der Waals surface area contributed by atoms with Crippen molar-refractivity contribution in [2.45, 2.75) is 6.54 Å². The van der Waals surface area contributed by atoms with Gasteiger partial charge in [0.05, 0.1) is 20.8 Å². The summed E-state index contributed by atoms with van der Waals surface area (Å²) in [6.45, 7) is 0.176. The Balaban J connectivity index is 1.46. The van der Waals surface area contributed by atoms with Crippen LogP contribution in [0.25, 0.3) is 0 Å². The molecule has 0 aliphatic carbocycles. The normalized spacial score (nSPS) is 10.1. The first kappa shape index (κ1) is 21.7. The molecule has 0 saturated heterocycles. The van der Waals surface area contributed by atoms with Crippen molar-refractivity contribution in [3.05, 3.63) is 83.9 Å². The molecular weight excluding hydrogens is 396 g/mol. The van der Waals surface area contributed by atoms with Crippen molar-refractivity contribution in [2.24, 2.45) is 0 Å². The van der Waals surface area contributed by atoms with Crippen LogP contribution in [0.15, 0.2) is 72.8 Å². The first-order chi connectivity index (χ1) is 15.1. The molecule has 31 heavy (non-hydrogen) atoms. The van der Waals surface area contributed by atoms with Crippen LogP contribution in [0.2, 0.25) is 0 Å². The van der Waals surface area contributed by atoms with Crippen molar-refractivity contribution < 1.29 is 23.8 Å². The van der Waals surface area contributed by atoms with Crippen molar-refractivity contribution in [3.63, 3.8) is 0 Å². The summed E-state index contributed by atoms with van der Waals surface area (Å²) in [4.78, 5) is 24.4. The maximum atomic E-state index is 12.3. The number of nitrogens with one attached hydrogen (secondary N) is 2. The van der Waals surface area contributed by atoms with E-state index in [1.807, 2.05) is 36.4 Å². The lowest BCUT2D eigenvalue weighted by Gasteiger charge is -2.11.